The van der Waals surface area contributed by atoms with Crippen molar-refractivity contribution in [3.05, 3.63) is 157 Å². The molecule has 0 aliphatic carbocycles. The van der Waals surface area contributed by atoms with Crippen molar-refractivity contribution in [2.24, 2.45) is 9.98 Å². The Labute approximate surface area is 253 Å². The van der Waals surface area contributed by atoms with E-state index in [9.17, 15) is 5.41 Å². The number of furan rings is 1. The van der Waals surface area contributed by atoms with Gasteiger partial charge >= 0.3 is 0 Å². The van der Waals surface area contributed by atoms with Gasteiger partial charge in [-0.15, -0.1) is 0 Å². The number of amidine groups is 1. The van der Waals surface area contributed by atoms with Crippen LogP contribution in [0.5, 0.6) is 0 Å². The molecular weight excluding hydrogens is 540 g/mol. The lowest BCUT2D eigenvalue weighted by Gasteiger charge is -2.07. The zero-order valence-corrected chi connectivity index (χ0v) is 23.7. The summed E-state index contributed by atoms with van der Waals surface area (Å²) in [5, 5.41) is 13.5. The molecule has 0 saturated heterocycles. The molecule has 0 unspecified atom stereocenters. The number of fused-ring (bicyclic) bond motifs is 6. The van der Waals surface area contributed by atoms with E-state index in [1.807, 2.05) is 114 Å². The van der Waals surface area contributed by atoms with Gasteiger partial charge in [0.2, 0.25) is 5.96 Å². The highest BCUT2D eigenvalue weighted by atomic mass is 16.3. The summed E-state index contributed by atoms with van der Waals surface area (Å²) in [6.45, 7) is 0. The average molecular weight is 567 g/mol. The van der Waals surface area contributed by atoms with Gasteiger partial charge in [0.05, 0.1) is 11.0 Å². The highest BCUT2D eigenvalue weighted by Crippen LogP contribution is 2.37. The first-order valence-corrected chi connectivity index (χ1v) is 14.5. The highest BCUT2D eigenvalue weighted by molar-refractivity contribution is 6.18. The zero-order chi connectivity index (χ0) is 29.5. The summed E-state index contributed by atoms with van der Waals surface area (Å²) in [5.41, 5.74) is 7.38. The molecule has 5 heteroatoms. The third kappa shape index (κ3) is 4.39. The molecule has 208 valence electrons. The largest absolute Gasteiger partial charge is 0.456 e. The van der Waals surface area contributed by atoms with Crippen LogP contribution >= 0.6 is 0 Å². The van der Waals surface area contributed by atoms with E-state index in [4.69, 9.17) is 14.4 Å². The molecule has 0 atom stereocenters. The van der Waals surface area contributed by atoms with E-state index in [1.165, 1.54) is 0 Å². The fourth-order valence-electron chi connectivity index (χ4n) is 5.97. The van der Waals surface area contributed by atoms with Gasteiger partial charge < -0.3 is 4.42 Å². The second-order valence-electron chi connectivity index (χ2n) is 10.7. The van der Waals surface area contributed by atoms with E-state index in [2.05, 4.69) is 36.4 Å². The number of rotatable bonds is 3. The van der Waals surface area contributed by atoms with Gasteiger partial charge in [0.1, 0.15) is 11.2 Å². The van der Waals surface area contributed by atoms with Crippen molar-refractivity contribution in [1.82, 2.24) is 4.57 Å². The van der Waals surface area contributed by atoms with Crippen molar-refractivity contribution in [3.8, 4) is 11.1 Å². The SMILES string of the molecule is N=C(/N=C(\N=C\c1ccccc1)c1ccc2c(c1)oc1cccc(-c3ccccc3)c12)n1c2ccccc2c2ccccc21. The molecule has 0 aliphatic rings. The molecule has 5 nitrogen and oxygen atoms in total. The average Bonchev–Trinajstić information content (AvgIpc) is 3.63. The van der Waals surface area contributed by atoms with Gasteiger partial charge in [-0.1, -0.05) is 115 Å². The first kappa shape index (κ1) is 25.6. The third-order valence-electron chi connectivity index (χ3n) is 7.98. The number of hydrogen-bond donors (Lipinski definition) is 1. The predicted octanol–water partition coefficient (Wildman–Crippen LogP) is 9.71. The lowest BCUT2D eigenvalue weighted by atomic mass is 9.99. The van der Waals surface area contributed by atoms with Crippen LogP contribution in [0.1, 0.15) is 11.1 Å². The summed E-state index contributed by atoms with van der Waals surface area (Å²) in [4.78, 5) is 9.68. The number of aromatic nitrogens is 1. The summed E-state index contributed by atoms with van der Waals surface area (Å²) in [6, 6.07) is 48.7. The number of benzene rings is 6. The van der Waals surface area contributed by atoms with Crippen LogP contribution in [0.2, 0.25) is 0 Å². The van der Waals surface area contributed by atoms with E-state index in [-0.39, 0.29) is 5.96 Å². The van der Waals surface area contributed by atoms with E-state index < -0.39 is 0 Å². The van der Waals surface area contributed by atoms with E-state index in [1.54, 1.807) is 6.21 Å². The van der Waals surface area contributed by atoms with Crippen molar-refractivity contribution < 1.29 is 4.42 Å². The van der Waals surface area contributed by atoms with Gasteiger partial charge in [-0.2, -0.15) is 4.99 Å². The monoisotopic (exact) mass is 566 g/mol. The Kier molecular flexibility index (Phi) is 6.20. The van der Waals surface area contributed by atoms with Crippen LogP contribution in [0.3, 0.4) is 0 Å². The summed E-state index contributed by atoms with van der Waals surface area (Å²) in [6.07, 6.45) is 1.79. The number of nitrogens with zero attached hydrogens (tertiary/aromatic N) is 3. The number of para-hydroxylation sites is 2. The van der Waals surface area contributed by atoms with E-state index in [0.717, 1.165) is 66.0 Å². The molecule has 0 aliphatic heterocycles. The van der Waals surface area contributed by atoms with Gasteiger partial charge in [0.25, 0.3) is 0 Å². The molecule has 0 saturated carbocycles. The second-order valence-corrected chi connectivity index (χ2v) is 10.7. The van der Waals surface area contributed by atoms with Crippen LogP contribution < -0.4 is 0 Å². The molecule has 2 aromatic heterocycles. The molecule has 6 aromatic carbocycles. The molecule has 0 amide bonds. The molecule has 44 heavy (non-hydrogen) atoms. The second kappa shape index (κ2) is 10.6. The van der Waals surface area contributed by atoms with Gasteiger partial charge in [-0.25, -0.2) is 4.99 Å². The summed E-state index contributed by atoms with van der Waals surface area (Å²) >= 11 is 0. The molecule has 0 spiro atoms. The van der Waals surface area contributed by atoms with Crippen LogP contribution in [0.4, 0.5) is 0 Å². The zero-order valence-electron chi connectivity index (χ0n) is 23.7. The first-order chi connectivity index (χ1) is 21.7. The topological polar surface area (TPSA) is 66.6 Å². The van der Waals surface area contributed by atoms with Gasteiger partial charge in [-0.3, -0.25) is 9.98 Å². The Morgan fingerprint density at radius 2 is 1.27 bits per heavy atom. The first-order valence-electron chi connectivity index (χ1n) is 14.5. The minimum Gasteiger partial charge on any atom is -0.456 e. The van der Waals surface area contributed by atoms with Crippen molar-refractivity contribution in [1.29, 1.82) is 5.41 Å². The molecule has 2 heterocycles. The van der Waals surface area contributed by atoms with Gasteiger partial charge in [0, 0.05) is 33.3 Å². The Balaban J connectivity index is 1.30. The van der Waals surface area contributed by atoms with Crippen molar-refractivity contribution in [2.45, 2.75) is 0 Å². The van der Waals surface area contributed by atoms with Gasteiger partial charge in [-0.05, 0) is 47.0 Å². The normalized spacial score (nSPS) is 12.2. The lowest BCUT2D eigenvalue weighted by molar-refractivity contribution is 0.669. The molecule has 0 bridgehead atoms. The number of nitrogens with one attached hydrogen (secondary N) is 1. The Morgan fingerprint density at radius 1 is 0.614 bits per heavy atom. The fraction of sp³-hybridized carbons (Fsp3) is 0. The summed E-state index contributed by atoms with van der Waals surface area (Å²) < 4.78 is 8.28. The van der Waals surface area contributed by atoms with Crippen LogP contribution in [-0.4, -0.2) is 22.6 Å². The maximum atomic E-state index is 9.23. The highest BCUT2D eigenvalue weighted by Gasteiger charge is 2.17. The standard InChI is InChI=1S/C39H26N4O/c40-39(43-33-19-9-7-16-30(33)31-17-8-10-20-34(31)43)42-38(41-25-26-12-3-1-4-13-26)28-22-23-32-36(24-28)44-35-21-11-18-29(37(32)35)27-14-5-2-6-15-27/h1-25,40H/b40-39?,41-25+,42-38-. The van der Waals surface area contributed by atoms with Crippen molar-refractivity contribution in [3.63, 3.8) is 0 Å². The summed E-state index contributed by atoms with van der Waals surface area (Å²) in [7, 11) is 0. The van der Waals surface area contributed by atoms with Crippen LogP contribution in [0.25, 0.3) is 54.9 Å². The van der Waals surface area contributed by atoms with Crippen LogP contribution in [0.15, 0.2) is 160 Å². The quantitative estimate of drug-likeness (QED) is 0.168. The summed E-state index contributed by atoms with van der Waals surface area (Å²) in [5.74, 6) is 0.505. The van der Waals surface area contributed by atoms with Crippen LogP contribution in [-0.2, 0) is 0 Å². The van der Waals surface area contributed by atoms with Crippen molar-refractivity contribution >= 4 is 61.8 Å². The molecular formula is C39H26N4O. The maximum absolute atomic E-state index is 9.23. The van der Waals surface area contributed by atoms with E-state index >= 15 is 0 Å². The maximum Gasteiger partial charge on any atom is 0.229 e. The Bertz CT molecular complexity index is 2340. The molecule has 0 fully saturated rings. The Morgan fingerprint density at radius 3 is 2.00 bits per heavy atom. The molecule has 0 radical (unpaired) electrons. The van der Waals surface area contributed by atoms with Gasteiger partial charge in [0.15, 0.2) is 5.84 Å². The predicted molar refractivity (Wildman–Crippen MR) is 182 cm³/mol. The molecule has 8 rings (SSSR count). The minimum atomic E-state index is 0.0821. The third-order valence-corrected chi connectivity index (χ3v) is 7.98. The van der Waals surface area contributed by atoms with E-state index in [0.29, 0.717) is 5.84 Å². The smallest absolute Gasteiger partial charge is 0.229 e. The minimum absolute atomic E-state index is 0.0821. The van der Waals surface area contributed by atoms with Crippen molar-refractivity contribution in [2.75, 3.05) is 0 Å². The van der Waals surface area contributed by atoms with Crippen LogP contribution in [0, 0.1) is 5.41 Å². The number of aliphatic imine (C=N–C) groups is 2. The molecule has 8 aromatic rings. The fourth-order valence-corrected chi connectivity index (χ4v) is 5.97. The Hall–Kier alpha value is -6.07. The number of hydrogen-bond acceptors (Lipinski definition) is 2. The lowest BCUT2D eigenvalue weighted by Crippen LogP contribution is -2.11. The molecule has 1 N–H and O–H groups in total.